The van der Waals surface area contributed by atoms with Crippen LogP contribution in [0.3, 0.4) is 0 Å². The molecular weight excluding hydrogens is 362 g/mol. The first-order valence-electron chi connectivity index (χ1n) is 5.91. The SMILES string of the molecule is O=S(=O)(Nc1ccc(F)c(Cl)c1)c1ccccc1OC(F)(F)F. The van der Waals surface area contributed by atoms with E-state index < -0.39 is 32.8 Å². The molecule has 0 fully saturated rings. The molecule has 10 heteroatoms. The largest absolute Gasteiger partial charge is 0.573 e. The lowest BCUT2D eigenvalue weighted by molar-refractivity contribution is -0.275. The van der Waals surface area contributed by atoms with E-state index in [-0.39, 0.29) is 10.7 Å². The second kappa shape index (κ2) is 6.25. The van der Waals surface area contributed by atoms with Crippen LogP contribution in [-0.4, -0.2) is 14.8 Å². The molecule has 1 N–H and O–H groups in total. The summed E-state index contributed by atoms with van der Waals surface area (Å²) in [6, 6.07) is 7.20. The molecule has 124 valence electrons. The molecule has 0 aliphatic heterocycles. The fourth-order valence-electron chi connectivity index (χ4n) is 1.65. The maximum atomic E-state index is 13.1. The Morgan fingerprint density at radius 2 is 1.74 bits per heavy atom. The summed E-state index contributed by atoms with van der Waals surface area (Å²) in [4.78, 5) is -0.724. The second-order valence-corrected chi connectivity index (χ2v) is 6.29. The molecule has 0 saturated carbocycles. The summed E-state index contributed by atoms with van der Waals surface area (Å²) in [5, 5.41) is -0.343. The first-order chi connectivity index (χ1) is 10.6. The molecule has 0 amide bonds. The van der Waals surface area contributed by atoms with E-state index in [0.29, 0.717) is 0 Å². The highest BCUT2D eigenvalue weighted by Crippen LogP contribution is 2.31. The van der Waals surface area contributed by atoms with Crippen molar-refractivity contribution in [1.82, 2.24) is 0 Å². The van der Waals surface area contributed by atoms with Gasteiger partial charge in [-0.25, -0.2) is 12.8 Å². The van der Waals surface area contributed by atoms with Gasteiger partial charge in [0.05, 0.1) is 10.7 Å². The van der Waals surface area contributed by atoms with Crippen molar-refractivity contribution < 1.29 is 30.7 Å². The van der Waals surface area contributed by atoms with Gasteiger partial charge in [0, 0.05) is 0 Å². The highest BCUT2D eigenvalue weighted by molar-refractivity contribution is 7.92. The van der Waals surface area contributed by atoms with E-state index in [1.165, 1.54) is 12.1 Å². The third-order valence-corrected chi connectivity index (χ3v) is 4.25. The van der Waals surface area contributed by atoms with Gasteiger partial charge in [-0.05, 0) is 30.3 Å². The summed E-state index contributed by atoms with van der Waals surface area (Å²) in [6.07, 6.45) is -5.05. The van der Waals surface area contributed by atoms with E-state index in [1.807, 2.05) is 4.72 Å². The standard InChI is InChI=1S/C13H8ClF4NO3S/c14-9-7-8(5-6-10(9)15)19-23(20,21)12-4-2-1-3-11(12)22-13(16,17)18/h1-7,19H. The van der Waals surface area contributed by atoms with Gasteiger partial charge in [-0.3, -0.25) is 4.72 Å². The molecule has 4 nitrogen and oxygen atoms in total. The summed E-state index contributed by atoms with van der Waals surface area (Å²) in [5.41, 5.74) is -0.113. The van der Waals surface area contributed by atoms with Gasteiger partial charge in [0.2, 0.25) is 0 Å². The van der Waals surface area contributed by atoms with Crippen LogP contribution in [0, 0.1) is 5.82 Å². The summed E-state index contributed by atoms with van der Waals surface area (Å²) in [5.74, 6) is -1.66. The molecule has 2 aromatic rings. The topological polar surface area (TPSA) is 55.4 Å². The van der Waals surface area contributed by atoms with Gasteiger partial charge in [-0.1, -0.05) is 23.7 Å². The summed E-state index contributed by atoms with van der Waals surface area (Å²) >= 11 is 5.52. The molecule has 0 atom stereocenters. The van der Waals surface area contributed by atoms with E-state index >= 15 is 0 Å². The van der Waals surface area contributed by atoms with Crippen molar-refractivity contribution in [3.8, 4) is 5.75 Å². The Morgan fingerprint density at radius 3 is 2.35 bits per heavy atom. The van der Waals surface area contributed by atoms with Crippen LogP contribution < -0.4 is 9.46 Å². The number of sulfonamides is 1. The number of anilines is 1. The Labute approximate surface area is 133 Å². The number of benzene rings is 2. The zero-order valence-corrected chi connectivity index (χ0v) is 12.6. The Hall–Kier alpha value is -2.00. The number of alkyl halides is 3. The van der Waals surface area contributed by atoms with Gasteiger partial charge >= 0.3 is 6.36 Å². The third kappa shape index (κ3) is 4.49. The predicted molar refractivity (Wildman–Crippen MR) is 75.3 cm³/mol. The van der Waals surface area contributed by atoms with Crippen LogP contribution in [-0.2, 0) is 10.0 Å². The Kier molecular flexibility index (Phi) is 4.71. The van der Waals surface area contributed by atoms with Crippen molar-refractivity contribution in [2.75, 3.05) is 4.72 Å². The van der Waals surface area contributed by atoms with Gasteiger partial charge in [-0.2, -0.15) is 0 Å². The Bertz CT molecular complexity index is 824. The first-order valence-corrected chi connectivity index (χ1v) is 7.77. The molecule has 0 aliphatic carbocycles. The van der Waals surface area contributed by atoms with Crippen LogP contribution in [0.4, 0.5) is 23.2 Å². The minimum atomic E-state index is -5.05. The van der Waals surface area contributed by atoms with Crippen LogP contribution >= 0.6 is 11.6 Å². The quantitative estimate of drug-likeness (QED) is 0.823. The molecule has 0 aliphatic rings. The highest BCUT2D eigenvalue weighted by Gasteiger charge is 2.34. The maximum Gasteiger partial charge on any atom is 0.573 e. The molecule has 2 rings (SSSR count). The average Bonchev–Trinajstić information content (AvgIpc) is 2.41. The van der Waals surface area contributed by atoms with Gasteiger partial charge in [0.1, 0.15) is 16.5 Å². The number of nitrogens with one attached hydrogen (secondary N) is 1. The van der Waals surface area contributed by atoms with Gasteiger partial charge in [0.15, 0.2) is 0 Å². The number of para-hydroxylation sites is 1. The van der Waals surface area contributed by atoms with Gasteiger partial charge in [0.25, 0.3) is 10.0 Å². The molecule has 0 radical (unpaired) electrons. The van der Waals surface area contributed by atoms with Crippen molar-refractivity contribution in [3.63, 3.8) is 0 Å². The fourth-order valence-corrected chi connectivity index (χ4v) is 3.01. The van der Waals surface area contributed by atoms with Crippen LogP contribution in [0.25, 0.3) is 0 Å². The molecule has 0 unspecified atom stereocenters. The minimum Gasteiger partial charge on any atom is -0.404 e. The van der Waals surface area contributed by atoms with E-state index in [2.05, 4.69) is 4.74 Å². The summed E-state index contributed by atoms with van der Waals surface area (Å²) < 4.78 is 80.2. The van der Waals surface area contributed by atoms with Crippen LogP contribution in [0.15, 0.2) is 47.4 Å². The zero-order chi connectivity index (χ0) is 17.3. The number of ether oxygens (including phenoxy) is 1. The smallest absolute Gasteiger partial charge is 0.404 e. The molecule has 0 aromatic heterocycles. The lowest BCUT2D eigenvalue weighted by Crippen LogP contribution is -2.20. The predicted octanol–water partition coefficient (Wildman–Crippen LogP) is 4.18. The molecular formula is C13H8ClF4NO3S. The summed E-state index contributed by atoms with van der Waals surface area (Å²) in [7, 11) is -4.40. The molecule has 2 aromatic carbocycles. The second-order valence-electron chi connectivity index (χ2n) is 4.23. The Morgan fingerprint density at radius 1 is 1.09 bits per heavy atom. The van der Waals surface area contributed by atoms with Crippen LogP contribution in [0.5, 0.6) is 5.75 Å². The number of halogens is 5. The lowest BCUT2D eigenvalue weighted by Gasteiger charge is -2.14. The van der Waals surface area contributed by atoms with Gasteiger partial charge < -0.3 is 4.74 Å². The van der Waals surface area contributed by atoms with E-state index in [1.54, 1.807) is 0 Å². The van der Waals surface area contributed by atoms with Crippen molar-refractivity contribution in [2.24, 2.45) is 0 Å². The fraction of sp³-hybridized carbons (Fsp3) is 0.0769. The summed E-state index contributed by atoms with van der Waals surface area (Å²) in [6.45, 7) is 0. The lowest BCUT2D eigenvalue weighted by atomic mass is 10.3. The third-order valence-electron chi connectivity index (χ3n) is 2.54. The normalized spacial score (nSPS) is 12.0. The van der Waals surface area contributed by atoms with Crippen molar-refractivity contribution in [2.45, 2.75) is 11.3 Å². The van der Waals surface area contributed by atoms with Crippen molar-refractivity contribution >= 4 is 27.3 Å². The Balaban J connectivity index is 2.38. The number of rotatable bonds is 4. The average molecular weight is 370 g/mol. The first kappa shape index (κ1) is 17.4. The number of hydrogen-bond acceptors (Lipinski definition) is 3. The van der Waals surface area contributed by atoms with E-state index in [0.717, 1.165) is 30.3 Å². The van der Waals surface area contributed by atoms with Crippen LogP contribution in [0.1, 0.15) is 0 Å². The molecule has 0 spiro atoms. The zero-order valence-electron chi connectivity index (χ0n) is 11.1. The van der Waals surface area contributed by atoms with Crippen LogP contribution in [0.2, 0.25) is 5.02 Å². The number of hydrogen-bond donors (Lipinski definition) is 1. The maximum absolute atomic E-state index is 13.1. The molecule has 0 heterocycles. The monoisotopic (exact) mass is 369 g/mol. The minimum absolute atomic E-state index is 0.113. The molecule has 0 bridgehead atoms. The van der Waals surface area contributed by atoms with Crippen molar-refractivity contribution in [3.05, 3.63) is 53.3 Å². The molecule has 23 heavy (non-hydrogen) atoms. The van der Waals surface area contributed by atoms with E-state index in [4.69, 9.17) is 11.6 Å². The van der Waals surface area contributed by atoms with E-state index in [9.17, 15) is 26.0 Å². The van der Waals surface area contributed by atoms with Crippen molar-refractivity contribution in [1.29, 1.82) is 0 Å². The molecule has 0 saturated heterocycles. The highest BCUT2D eigenvalue weighted by atomic mass is 35.5. The van der Waals surface area contributed by atoms with Gasteiger partial charge in [-0.15, -0.1) is 13.2 Å².